The molecule has 0 spiro atoms. The number of para-hydroxylation sites is 1. The largest absolute Gasteiger partial charge is 0.364 e. The van der Waals surface area contributed by atoms with Crippen molar-refractivity contribution in [2.75, 3.05) is 19.8 Å². The van der Waals surface area contributed by atoms with Crippen LogP contribution >= 0.6 is 18.9 Å². The quantitative estimate of drug-likeness (QED) is 0.169. The Kier molecular flexibility index (Phi) is 7.28. The van der Waals surface area contributed by atoms with Gasteiger partial charge in [0, 0.05) is 12.0 Å². The topological polar surface area (TPSA) is 87.1 Å². The molecule has 7 nitrogen and oxygen atoms in total. The molecular formula is C19H21N2O5PS. The Bertz CT molecular complexity index is 927. The Morgan fingerprint density at radius 3 is 2.57 bits per heavy atom. The van der Waals surface area contributed by atoms with Gasteiger partial charge in [-0.25, -0.2) is 4.98 Å². The minimum Gasteiger partial charge on any atom is -0.364 e. The molecule has 2 aromatic carbocycles. The van der Waals surface area contributed by atoms with Crippen LogP contribution in [0.25, 0.3) is 20.8 Å². The predicted octanol–water partition coefficient (Wildman–Crippen LogP) is 5.80. The Morgan fingerprint density at radius 2 is 1.86 bits per heavy atom. The zero-order valence-electron chi connectivity index (χ0n) is 15.4. The molecule has 1 unspecified atom stereocenters. The van der Waals surface area contributed by atoms with E-state index in [1.165, 1.54) is 0 Å². The molecule has 148 valence electrons. The molecule has 1 atom stereocenters. The van der Waals surface area contributed by atoms with Crippen molar-refractivity contribution < 1.29 is 18.5 Å². The molecule has 1 heterocycles. The summed E-state index contributed by atoms with van der Waals surface area (Å²) < 4.78 is 24.9. The molecule has 0 aliphatic heterocycles. The summed E-state index contributed by atoms with van der Waals surface area (Å²) in [7, 11) is -3.28. The maximum absolute atomic E-state index is 12.9. The fourth-order valence-electron chi connectivity index (χ4n) is 2.66. The highest BCUT2D eigenvalue weighted by Gasteiger charge is 2.24. The summed E-state index contributed by atoms with van der Waals surface area (Å²) in [6, 6.07) is 15.8. The molecule has 0 bridgehead atoms. The van der Waals surface area contributed by atoms with Crippen molar-refractivity contribution in [2.24, 2.45) is 5.34 Å². The van der Waals surface area contributed by atoms with Crippen molar-refractivity contribution in [1.82, 2.24) is 4.98 Å². The van der Waals surface area contributed by atoms with Gasteiger partial charge in [-0.05, 0) is 24.6 Å². The van der Waals surface area contributed by atoms with Gasteiger partial charge >= 0.3 is 7.60 Å². The summed E-state index contributed by atoms with van der Waals surface area (Å²) in [6.45, 7) is 2.34. The molecule has 0 fully saturated rings. The summed E-state index contributed by atoms with van der Waals surface area (Å²) >= 11 is 1.64. The first-order chi connectivity index (χ1) is 13.6. The summed E-state index contributed by atoms with van der Waals surface area (Å²) in [5, 5.41) is 3.26. The maximum atomic E-state index is 12.9. The molecule has 0 amide bonds. The van der Waals surface area contributed by atoms with Crippen LogP contribution in [0.1, 0.15) is 18.9 Å². The van der Waals surface area contributed by atoms with Crippen molar-refractivity contribution in [3.63, 3.8) is 0 Å². The average Bonchev–Trinajstić information content (AvgIpc) is 3.13. The Morgan fingerprint density at radius 1 is 1.07 bits per heavy atom. The minimum absolute atomic E-state index is 0.118. The summed E-state index contributed by atoms with van der Waals surface area (Å²) in [5.41, 5.74) is 2.85. The van der Waals surface area contributed by atoms with Crippen molar-refractivity contribution in [3.8, 4) is 10.6 Å². The van der Waals surface area contributed by atoms with E-state index in [-0.39, 0.29) is 26.0 Å². The average molecular weight is 420 g/mol. The lowest BCUT2D eigenvalue weighted by Crippen LogP contribution is -2.02. The smallest absolute Gasteiger partial charge is 0.335 e. The second-order valence-electron chi connectivity index (χ2n) is 5.96. The zero-order chi connectivity index (χ0) is 19.8. The van der Waals surface area contributed by atoms with Crippen LogP contribution in [0.4, 0.5) is 0 Å². The number of aromatic nitrogens is 1. The van der Waals surface area contributed by atoms with Gasteiger partial charge in [0.1, 0.15) is 11.6 Å². The summed E-state index contributed by atoms with van der Waals surface area (Å²) in [5.74, 6) is 0. The van der Waals surface area contributed by atoms with Crippen molar-refractivity contribution in [2.45, 2.75) is 19.5 Å². The van der Waals surface area contributed by atoms with Crippen molar-refractivity contribution >= 4 is 29.1 Å². The van der Waals surface area contributed by atoms with Gasteiger partial charge in [-0.1, -0.05) is 36.4 Å². The third-order valence-corrected chi connectivity index (χ3v) is 6.98. The van der Waals surface area contributed by atoms with E-state index in [2.05, 4.69) is 21.2 Å². The van der Waals surface area contributed by atoms with E-state index in [0.717, 1.165) is 26.4 Å². The van der Waals surface area contributed by atoms with Crippen LogP contribution in [-0.4, -0.2) is 24.8 Å². The van der Waals surface area contributed by atoms with Crippen LogP contribution in [0, 0.1) is 4.91 Å². The second-order valence-corrected chi connectivity index (χ2v) is 9.05. The van der Waals surface area contributed by atoms with Crippen molar-refractivity contribution in [1.29, 1.82) is 0 Å². The van der Waals surface area contributed by atoms with E-state index in [4.69, 9.17) is 9.05 Å². The summed E-state index contributed by atoms with van der Waals surface area (Å²) in [6.07, 6.45) is 0.576. The summed E-state index contributed by atoms with van der Waals surface area (Å²) in [4.78, 5) is 18.9. The van der Waals surface area contributed by atoms with Gasteiger partial charge in [0.15, 0.2) is 5.34 Å². The molecule has 0 N–H and O–H groups in total. The van der Waals surface area contributed by atoms with E-state index in [9.17, 15) is 9.47 Å². The molecule has 1 aromatic heterocycles. The third kappa shape index (κ3) is 5.45. The lowest BCUT2D eigenvalue weighted by Gasteiger charge is -2.18. The van der Waals surface area contributed by atoms with Gasteiger partial charge in [-0.2, -0.15) is 0 Å². The van der Waals surface area contributed by atoms with Gasteiger partial charge < -0.3 is 13.9 Å². The highest BCUT2D eigenvalue weighted by atomic mass is 32.1. The SMILES string of the molecule is CCOP(=O)(Cc1ccc(-c2nc3ccccc3s2)cc1)OCCCON=O. The second kappa shape index (κ2) is 9.89. The molecule has 0 saturated carbocycles. The molecule has 0 radical (unpaired) electrons. The molecule has 28 heavy (non-hydrogen) atoms. The number of rotatable bonds is 11. The number of hydrogen-bond donors (Lipinski definition) is 0. The van der Waals surface area contributed by atoms with Crippen molar-refractivity contribution in [3.05, 3.63) is 59.0 Å². The maximum Gasteiger partial charge on any atom is 0.335 e. The Hall–Kier alpha value is -2.12. The van der Waals surface area contributed by atoms with E-state index in [1.54, 1.807) is 18.3 Å². The molecular weight excluding hydrogens is 399 g/mol. The number of thiazole rings is 1. The third-order valence-electron chi connectivity index (χ3n) is 3.92. The first-order valence-corrected chi connectivity index (χ1v) is 11.5. The van der Waals surface area contributed by atoms with Gasteiger partial charge in [0.25, 0.3) is 0 Å². The van der Waals surface area contributed by atoms with Gasteiger partial charge in [-0.3, -0.25) is 4.57 Å². The highest BCUT2D eigenvalue weighted by Crippen LogP contribution is 2.51. The highest BCUT2D eigenvalue weighted by molar-refractivity contribution is 7.53. The van der Waals surface area contributed by atoms with Gasteiger partial charge in [0.05, 0.1) is 29.6 Å². The molecule has 3 rings (SSSR count). The number of fused-ring (bicyclic) bond motifs is 1. The van der Waals surface area contributed by atoms with E-state index < -0.39 is 7.60 Å². The molecule has 0 aliphatic carbocycles. The van der Waals surface area contributed by atoms with E-state index in [0.29, 0.717) is 6.42 Å². The van der Waals surface area contributed by atoms with Crippen LogP contribution in [-0.2, 0) is 24.6 Å². The zero-order valence-corrected chi connectivity index (χ0v) is 17.2. The molecule has 0 saturated heterocycles. The van der Waals surface area contributed by atoms with E-state index in [1.807, 2.05) is 42.5 Å². The first-order valence-electron chi connectivity index (χ1n) is 8.91. The van der Waals surface area contributed by atoms with E-state index >= 15 is 0 Å². The van der Waals surface area contributed by atoms with Crippen LogP contribution < -0.4 is 0 Å². The molecule has 0 aliphatic rings. The first kappa shape index (κ1) is 20.6. The predicted molar refractivity (Wildman–Crippen MR) is 110 cm³/mol. The Balaban J connectivity index is 1.66. The van der Waals surface area contributed by atoms with Crippen LogP contribution in [0.15, 0.2) is 53.9 Å². The molecule has 9 heteroatoms. The minimum atomic E-state index is -3.28. The lowest BCUT2D eigenvalue weighted by atomic mass is 10.2. The fraction of sp³-hybridized carbons (Fsp3) is 0.316. The monoisotopic (exact) mass is 420 g/mol. The van der Waals surface area contributed by atoms with Crippen LogP contribution in [0.5, 0.6) is 0 Å². The Labute approximate surface area is 167 Å². The molecule has 3 aromatic rings. The van der Waals surface area contributed by atoms with Crippen LogP contribution in [0.3, 0.4) is 0 Å². The fourth-order valence-corrected chi connectivity index (χ4v) is 5.35. The van der Waals surface area contributed by atoms with Gasteiger partial charge in [-0.15, -0.1) is 16.2 Å². The lowest BCUT2D eigenvalue weighted by molar-refractivity contribution is 0.118. The van der Waals surface area contributed by atoms with Gasteiger partial charge in [0.2, 0.25) is 0 Å². The normalized spacial score (nSPS) is 13.3. The standard InChI is InChI=1S/C19H21N2O5PS/c1-2-25-27(23,26-13-5-12-24-21-22)14-15-8-10-16(11-9-15)19-20-17-6-3-4-7-18(17)28-19/h3-4,6-11H,2,5,12-14H2,1H3. The number of nitrogens with zero attached hydrogens (tertiary/aromatic N) is 2. The number of hydrogen-bond acceptors (Lipinski definition) is 8. The van der Waals surface area contributed by atoms with Crippen LogP contribution in [0.2, 0.25) is 0 Å². The number of benzene rings is 2.